The van der Waals surface area contributed by atoms with Gasteiger partial charge in [-0.25, -0.2) is 0 Å². The van der Waals surface area contributed by atoms with Crippen molar-refractivity contribution in [3.8, 4) is 10.4 Å². The summed E-state index contributed by atoms with van der Waals surface area (Å²) in [6.07, 6.45) is 1.88. The summed E-state index contributed by atoms with van der Waals surface area (Å²) in [6.45, 7) is 3.03. The third kappa shape index (κ3) is 3.70. The van der Waals surface area contributed by atoms with Crippen LogP contribution in [0.1, 0.15) is 11.3 Å². The number of hydrogen-bond acceptors (Lipinski definition) is 4. The topological polar surface area (TPSA) is 44.0 Å². The fourth-order valence-corrected chi connectivity index (χ4v) is 4.92. The maximum absolute atomic E-state index is 4.60. The Bertz CT molecular complexity index is 1330. The Balaban J connectivity index is 1.47. The highest BCUT2D eigenvalue weighted by molar-refractivity contribution is 7.22. The second-order valence-electron chi connectivity index (χ2n) is 8.00. The number of anilines is 2. The Morgan fingerprint density at radius 3 is 2.63 bits per heavy atom. The van der Waals surface area contributed by atoms with Gasteiger partial charge in [-0.15, -0.1) is 11.3 Å². The molecule has 5 aromatic rings. The number of hydrogen-bond donors (Lipinski definition) is 2. The number of nitrogens with zero attached hydrogens (tertiary/aromatic N) is 2. The van der Waals surface area contributed by atoms with E-state index in [1.54, 1.807) is 11.3 Å². The second kappa shape index (κ2) is 7.59. The van der Waals surface area contributed by atoms with Crippen molar-refractivity contribution in [2.75, 3.05) is 19.4 Å². The van der Waals surface area contributed by atoms with E-state index in [1.807, 2.05) is 6.20 Å². The lowest BCUT2D eigenvalue weighted by Crippen LogP contribution is -2.10. The number of rotatable bonds is 5. The highest BCUT2D eigenvalue weighted by Crippen LogP contribution is 2.37. The molecule has 4 nitrogen and oxygen atoms in total. The Morgan fingerprint density at radius 1 is 1.00 bits per heavy atom. The number of fused-ring (bicyclic) bond motifs is 2. The minimum atomic E-state index is 0.952. The molecule has 2 N–H and O–H groups in total. The van der Waals surface area contributed by atoms with Gasteiger partial charge in [0.15, 0.2) is 0 Å². The third-order valence-electron chi connectivity index (χ3n) is 5.18. The minimum absolute atomic E-state index is 0.952. The number of nitrogens with one attached hydrogen (secondary N) is 2. The smallest absolute Gasteiger partial charge is 0.0837 e. The largest absolute Gasteiger partial charge is 0.359 e. The summed E-state index contributed by atoms with van der Waals surface area (Å²) in [5.41, 5.74) is 8.08. The van der Waals surface area contributed by atoms with Crippen molar-refractivity contribution < 1.29 is 0 Å². The van der Waals surface area contributed by atoms with Crippen LogP contribution in [0, 0.1) is 6.92 Å². The van der Waals surface area contributed by atoms with Gasteiger partial charge in [-0.3, -0.25) is 4.98 Å². The van der Waals surface area contributed by atoms with Crippen LogP contribution >= 0.6 is 11.3 Å². The van der Waals surface area contributed by atoms with Gasteiger partial charge in [-0.1, -0.05) is 24.3 Å². The van der Waals surface area contributed by atoms with Gasteiger partial charge in [-0.05, 0) is 68.5 Å². The number of aromatic amines is 1. The molecule has 30 heavy (non-hydrogen) atoms. The molecule has 0 spiro atoms. The van der Waals surface area contributed by atoms with Crippen molar-refractivity contribution in [3.63, 3.8) is 0 Å². The summed E-state index contributed by atoms with van der Waals surface area (Å²) in [5.74, 6) is 0. The summed E-state index contributed by atoms with van der Waals surface area (Å²) in [7, 11) is 4.18. The molecule has 0 aliphatic rings. The first kappa shape index (κ1) is 18.9. The van der Waals surface area contributed by atoms with E-state index < -0.39 is 0 Å². The number of aryl methyl sites for hydroxylation is 1. The summed E-state index contributed by atoms with van der Waals surface area (Å²) >= 11 is 1.78. The lowest BCUT2D eigenvalue weighted by Gasteiger charge is -2.09. The number of benzene rings is 2. The fourth-order valence-electron chi connectivity index (χ4n) is 3.83. The zero-order valence-electron chi connectivity index (χ0n) is 17.4. The van der Waals surface area contributed by atoms with Crippen LogP contribution in [0.5, 0.6) is 0 Å². The van der Waals surface area contributed by atoms with Crippen molar-refractivity contribution in [1.29, 1.82) is 0 Å². The standard InChI is InChI=1S/C25H24N4S/c1-16-12-19-13-20(8-9-21(19)27-16)28-22-10-11-26-23-14-24(30-25(22)23)18-6-4-17(5-7-18)15-29(2)3/h4-14,27H,15H2,1-3H3,(H,26,28). The maximum Gasteiger partial charge on any atom is 0.0837 e. The molecule has 3 heterocycles. The van der Waals surface area contributed by atoms with E-state index in [1.165, 1.54) is 31.8 Å². The molecule has 2 aromatic carbocycles. The van der Waals surface area contributed by atoms with Gasteiger partial charge in [0.1, 0.15) is 0 Å². The molecule has 5 heteroatoms. The first-order chi connectivity index (χ1) is 14.5. The number of pyridine rings is 1. The van der Waals surface area contributed by atoms with Crippen LogP contribution in [-0.2, 0) is 6.54 Å². The fraction of sp³-hybridized carbons (Fsp3) is 0.160. The minimum Gasteiger partial charge on any atom is -0.359 e. The third-order valence-corrected chi connectivity index (χ3v) is 6.39. The molecule has 0 unspecified atom stereocenters. The molecule has 0 radical (unpaired) electrons. The van der Waals surface area contributed by atoms with Crippen LogP contribution in [0.3, 0.4) is 0 Å². The lowest BCUT2D eigenvalue weighted by molar-refractivity contribution is 0.402. The Labute approximate surface area is 180 Å². The molecule has 0 aliphatic heterocycles. The summed E-state index contributed by atoms with van der Waals surface area (Å²) in [4.78, 5) is 11.4. The van der Waals surface area contributed by atoms with E-state index in [-0.39, 0.29) is 0 Å². The quantitative estimate of drug-likeness (QED) is 0.344. The van der Waals surface area contributed by atoms with E-state index in [9.17, 15) is 0 Å². The molecule has 150 valence electrons. The summed E-state index contributed by atoms with van der Waals surface area (Å²) in [6, 6.07) is 21.7. The van der Waals surface area contributed by atoms with Crippen LogP contribution in [0.2, 0.25) is 0 Å². The van der Waals surface area contributed by atoms with Crippen molar-refractivity contribution in [1.82, 2.24) is 14.9 Å². The van der Waals surface area contributed by atoms with Gasteiger partial charge >= 0.3 is 0 Å². The number of thiophene rings is 1. The van der Waals surface area contributed by atoms with Crippen molar-refractivity contribution in [3.05, 3.63) is 78.1 Å². The molecule has 0 saturated carbocycles. The molecule has 0 aliphatic carbocycles. The molecular weight excluding hydrogens is 388 g/mol. The van der Waals surface area contributed by atoms with Gasteiger partial charge in [0.2, 0.25) is 0 Å². The zero-order chi connectivity index (χ0) is 20.7. The van der Waals surface area contributed by atoms with Gasteiger partial charge in [0.05, 0.1) is 15.9 Å². The normalized spacial score (nSPS) is 11.6. The Hall–Kier alpha value is -3.15. The second-order valence-corrected chi connectivity index (χ2v) is 9.05. The highest BCUT2D eigenvalue weighted by atomic mass is 32.1. The van der Waals surface area contributed by atoms with Gasteiger partial charge in [-0.2, -0.15) is 0 Å². The average Bonchev–Trinajstić information content (AvgIpc) is 3.31. The van der Waals surface area contributed by atoms with Crippen molar-refractivity contribution in [2.45, 2.75) is 13.5 Å². The van der Waals surface area contributed by atoms with Gasteiger partial charge in [0.25, 0.3) is 0 Å². The molecule has 5 rings (SSSR count). The SMILES string of the molecule is Cc1cc2cc(Nc3ccnc4cc(-c5ccc(CN(C)C)cc5)sc34)ccc2[nH]1. The summed E-state index contributed by atoms with van der Waals surface area (Å²) in [5, 5.41) is 4.81. The average molecular weight is 413 g/mol. The maximum atomic E-state index is 4.60. The van der Waals surface area contributed by atoms with Gasteiger partial charge < -0.3 is 15.2 Å². The first-order valence-corrected chi connectivity index (χ1v) is 10.9. The van der Waals surface area contributed by atoms with E-state index in [0.29, 0.717) is 0 Å². The zero-order valence-corrected chi connectivity index (χ0v) is 18.2. The molecule has 0 amide bonds. The molecule has 0 saturated heterocycles. The monoisotopic (exact) mass is 412 g/mol. The molecule has 0 bridgehead atoms. The van der Waals surface area contributed by atoms with Gasteiger partial charge in [0, 0.05) is 39.9 Å². The van der Waals surface area contributed by atoms with E-state index in [2.05, 4.69) is 102 Å². The van der Waals surface area contributed by atoms with Crippen LogP contribution in [0.15, 0.2) is 66.9 Å². The first-order valence-electron chi connectivity index (χ1n) is 10.0. The molecular formula is C25H24N4S. The van der Waals surface area contributed by atoms with Crippen LogP contribution in [-0.4, -0.2) is 29.0 Å². The molecule has 3 aromatic heterocycles. The predicted molar refractivity (Wildman–Crippen MR) is 129 cm³/mol. The van der Waals surface area contributed by atoms with Crippen LogP contribution in [0.25, 0.3) is 31.6 Å². The summed E-state index contributed by atoms with van der Waals surface area (Å²) < 4.78 is 1.18. The van der Waals surface area contributed by atoms with Crippen molar-refractivity contribution >= 4 is 43.8 Å². The van der Waals surface area contributed by atoms with E-state index in [4.69, 9.17) is 0 Å². The van der Waals surface area contributed by atoms with Crippen LogP contribution in [0.4, 0.5) is 11.4 Å². The van der Waals surface area contributed by atoms with Crippen LogP contribution < -0.4 is 5.32 Å². The highest BCUT2D eigenvalue weighted by Gasteiger charge is 2.10. The predicted octanol–water partition coefficient (Wildman–Crippen LogP) is 6.56. The number of aromatic nitrogens is 2. The van der Waals surface area contributed by atoms with Crippen molar-refractivity contribution in [2.24, 2.45) is 0 Å². The van der Waals surface area contributed by atoms with E-state index in [0.717, 1.165) is 29.0 Å². The molecule has 0 atom stereocenters. The Kier molecular flexibility index (Phi) is 4.77. The van der Waals surface area contributed by atoms with E-state index >= 15 is 0 Å². The molecule has 0 fully saturated rings. The Morgan fingerprint density at radius 2 is 1.83 bits per heavy atom. The lowest BCUT2D eigenvalue weighted by atomic mass is 10.1. The number of H-pyrrole nitrogens is 1.